The SMILES string of the molecule is CC(C)Oc1ccc(NC(=O)NCC(O)c2ccc(F)cc2)cc1. The largest absolute Gasteiger partial charge is 0.491 e. The van der Waals surface area contributed by atoms with Crippen molar-refractivity contribution in [2.75, 3.05) is 11.9 Å². The van der Waals surface area contributed by atoms with Crippen molar-refractivity contribution in [2.45, 2.75) is 26.1 Å². The average molecular weight is 332 g/mol. The number of urea groups is 1. The molecule has 0 saturated heterocycles. The molecule has 0 saturated carbocycles. The Morgan fingerprint density at radius 1 is 1.12 bits per heavy atom. The molecule has 0 fully saturated rings. The molecule has 0 radical (unpaired) electrons. The second-order valence-electron chi connectivity index (χ2n) is 5.59. The van der Waals surface area contributed by atoms with Crippen LogP contribution in [-0.4, -0.2) is 23.8 Å². The number of rotatable bonds is 6. The lowest BCUT2D eigenvalue weighted by Gasteiger charge is -2.13. The third kappa shape index (κ3) is 5.55. The summed E-state index contributed by atoms with van der Waals surface area (Å²) in [6, 6.07) is 12.0. The Kier molecular flexibility index (Phi) is 6.14. The highest BCUT2D eigenvalue weighted by atomic mass is 19.1. The summed E-state index contributed by atoms with van der Waals surface area (Å²) in [4.78, 5) is 11.8. The smallest absolute Gasteiger partial charge is 0.319 e. The van der Waals surface area contributed by atoms with Gasteiger partial charge in [0.2, 0.25) is 0 Å². The van der Waals surface area contributed by atoms with Crippen LogP contribution in [-0.2, 0) is 0 Å². The van der Waals surface area contributed by atoms with E-state index in [1.165, 1.54) is 24.3 Å². The van der Waals surface area contributed by atoms with Crippen molar-refractivity contribution in [2.24, 2.45) is 0 Å². The minimum Gasteiger partial charge on any atom is -0.491 e. The van der Waals surface area contributed by atoms with Crippen LogP contribution in [0.15, 0.2) is 48.5 Å². The standard InChI is InChI=1S/C18H21FN2O3/c1-12(2)24-16-9-7-15(8-10-16)21-18(23)20-11-17(22)13-3-5-14(19)6-4-13/h3-10,12,17,22H,11H2,1-2H3,(H2,20,21,23). The van der Waals surface area contributed by atoms with Crippen LogP contribution in [0.4, 0.5) is 14.9 Å². The van der Waals surface area contributed by atoms with E-state index in [1.54, 1.807) is 24.3 Å². The fraction of sp³-hybridized carbons (Fsp3) is 0.278. The van der Waals surface area contributed by atoms with Gasteiger partial charge in [0.05, 0.1) is 12.2 Å². The van der Waals surface area contributed by atoms with Gasteiger partial charge in [0, 0.05) is 12.2 Å². The lowest BCUT2D eigenvalue weighted by Crippen LogP contribution is -2.32. The lowest BCUT2D eigenvalue weighted by molar-refractivity contribution is 0.175. The van der Waals surface area contributed by atoms with Crippen LogP contribution < -0.4 is 15.4 Å². The third-order valence-corrected chi connectivity index (χ3v) is 3.19. The molecule has 3 N–H and O–H groups in total. The molecule has 128 valence electrons. The van der Waals surface area contributed by atoms with Crippen LogP contribution in [0, 0.1) is 5.82 Å². The number of amides is 2. The van der Waals surface area contributed by atoms with Gasteiger partial charge in [-0.1, -0.05) is 12.1 Å². The number of anilines is 1. The predicted octanol–water partition coefficient (Wildman–Crippen LogP) is 3.47. The summed E-state index contributed by atoms with van der Waals surface area (Å²) in [5, 5.41) is 15.2. The minimum absolute atomic E-state index is 0.0199. The van der Waals surface area contributed by atoms with E-state index in [-0.39, 0.29) is 18.5 Å². The van der Waals surface area contributed by atoms with Gasteiger partial charge in [0.1, 0.15) is 11.6 Å². The van der Waals surface area contributed by atoms with Gasteiger partial charge in [0.25, 0.3) is 0 Å². The second kappa shape index (κ2) is 8.31. The zero-order valence-corrected chi connectivity index (χ0v) is 13.6. The van der Waals surface area contributed by atoms with Crippen LogP contribution in [0.25, 0.3) is 0 Å². The molecule has 0 spiro atoms. The summed E-state index contributed by atoms with van der Waals surface area (Å²) in [6.45, 7) is 3.89. The van der Waals surface area contributed by atoms with E-state index in [9.17, 15) is 14.3 Å². The summed E-state index contributed by atoms with van der Waals surface area (Å²) >= 11 is 0. The molecular weight excluding hydrogens is 311 g/mol. The van der Waals surface area contributed by atoms with Gasteiger partial charge in [-0.3, -0.25) is 0 Å². The average Bonchev–Trinajstić information content (AvgIpc) is 2.54. The van der Waals surface area contributed by atoms with Crippen molar-refractivity contribution in [3.05, 3.63) is 59.9 Å². The number of nitrogens with one attached hydrogen (secondary N) is 2. The van der Waals surface area contributed by atoms with Crippen molar-refractivity contribution in [1.82, 2.24) is 5.32 Å². The molecule has 24 heavy (non-hydrogen) atoms. The van der Waals surface area contributed by atoms with Crippen molar-refractivity contribution in [1.29, 1.82) is 0 Å². The Balaban J connectivity index is 1.81. The molecule has 1 unspecified atom stereocenters. The Morgan fingerprint density at radius 3 is 2.33 bits per heavy atom. The van der Waals surface area contributed by atoms with E-state index in [2.05, 4.69) is 10.6 Å². The molecule has 0 aliphatic rings. The van der Waals surface area contributed by atoms with E-state index in [0.717, 1.165) is 5.75 Å². The monoisotopic (exact) mass is 332 g/mol. The van der Waals surface area contributed by atoms with Crippen molar-refractivity contribution >= 4 is 11.7 Å². The molecule has 2 amide bonds. The normalized spacial score (nSPS) is 11.9. The molecule has 2 aromatic rings. The number of hydrogen-bond acceptors (Lipinski definition) is 3. The topological polar surface area (TPSA) is 70.6 Å². The quantitative estimate of drug-likeness (QED) is 0.758. The minimum atomic E-state index is -0.904. The summed E-state index contributed by atoms with van der Waals surface area (Å²) in [7, 11) is 0. The number of ether oxygens (including phenoxy) is 1. The molecule has 0 aliphatic carbocycles. The maximum atomic E-state index is 12.8. The molecule has 2 rings (SSSR count). The van der Waals surface area contributed by atoms with Gasteiger partial charge in [-0.05, 0) is 55.8 Å². The number of carbonyl (C=O) groups excluding carboxylic acids is 1. The molecule has 0 heterocycles. The van der Waals surface area contributed by atoms with Crippen molar-refractivity contribution < 1.29 is 19.0 Å². The van der Waals surface area contributed by atoms with E-state index in [0.29, 0.717) is 11.3 Å². The maximum Gasteiger partial charge on any atom is 0.319 e. The first-order valence-electron chi connectivity index (χ1n) is 7.69. The van der Waals surface area contributed by atoms with Gasteiger partial charge in [-0.2, -0.15) is 0 Å². The Morgan fingerprint density at radius 2 is 1.75 bits per heavy atom. The molecule has 6 heteroatoms. The van der Waals surface area contributed by atoms with Crippen molar-refractivity contribution in [3.8, 4) is 5.75 Å². The zero-order valence-electron chi connectivity index (χ0n) is 13.6. The van der Waals surface area contributed by atoms with Crippen molar-refractivity contribution in [3.63, 3.8) is 0 Å². The second-order valence-corrected chi connectivity index (χ2v) is 5.59. The Labute approximate surface area is 140 Å². The van der Waals surface area contributed by atoms with Crippen LogP contribution in [0.3, 0.4) is 0 Å². The number of aliphatic hydroxyl groups excluding tert-OH is 1. The number of carbonyl (C=O) groups is 1. The third-order valence-electron chi connectivity index (χ3n) is 3.19. The fourth-order valence-corrected chi connectivity index (χ4v) is 2.06. The molecule has 1 atom stereocenters. The number of aliphatic hydroxyl groups is 1. The van der Waals surface area contributed by atoms with E-state index < -0.39 is 12.1 Å². The number of hydrogen-bond donors (Lipinski definition) is 3. The highest BCUT2D eigenvalue weighted by Gasteiger charge is 2.10. The highest BCUT2D eigenvalue weighted by Crippen LogP contribution is 2.17. The molecule has 0 aromatic heterocycles. The summed E-state index contributed by atoms with van der Waals surface area (Å²) in [5.74, 6) is 0.351. The van der Waals surface area contributed by atoms with Gasteiger partial charge in [-0.15, -0.1) is 0 Å². The summed E-state index contributed by atoms with van der Waals surface area (Å²) in [5.41, 5.74) is 1.15. The van der Waals surface area contributed by atoms with E-state index >= 15 is 0 Å². The lowest BCUT2D eigenvalue weighted by atomic mass is 10.1. The summed E-state index contributed by atoms with van der Waals surface area (Å²) in [6.07, 6.45) is -0.821. The molecule has 0 bridgehead atoms. The first-order valence-corrected chi connectivity index (χ1v) is 7.69. The maximum absolute atomic E-state index is 12.8. The first-order chi connectivity index (χ1) is 11.4. The zero-order chi connectivity index (χ0) is 17.5. The Bertz CT molecular complexity index is 657. The highest BCUT2D eigenvalue weighted by molar-refractivity contribution is 5.89. The fourth-order valence-electron chi connectivity index (χ4n) is 2.06. The van der Waals surface area contributed by atoms with Gasteiger partial charge >= 0.3 is 6.03 Å². The first kappa shape index (κ1) is 17.7. The molecule has 2 aromatic carbocycles. The van der Waals surface area contributed by atoms with Gasteiger partial charge in [-0.25, -0.2) is 9.18 Å². The van der Waals surface area contributed by atoms with Crippen LogP contribution in [0.1, 0.15) is 25.5 Å². The number of benzene rings is 2. The van der Waals surface area contributed by atoms with Crippen LogP contribution in [0.5, 0.6) is 5.75 Å². The Hall–Kier alpha value is -2.60. The van der Waals surface area contributed by atoms with E-state index in [1.807, 2.05) is 13.8 Å². The van der Waals surface area contributed by atoms with Gasteiger partial charge < -0.3 is 20.5 Å². The van der Waals surface area contributed by atoms with Gasteiger partial charge in [0.15, 0.2) is 0 Å². The van der Waals surface area contributed by atoms with Crippen LogP contribution in [0.2, 0.25) is 0 Å². The summed E-state index contributed by atoms with van der Waals surface area (Å²) < 4.78 is 18.4. The molecular formula is C18H21FN2O3. The predicted molar refractivity (Wildman–Crippen MR) is 90.6 cm³/mol. The molecule has 0 aliphatic heterocycles. The number of halogens is 1. The van der Waals surface area contributed by atoms with Crippen LogP contribution >= 0.6 is 0 Å². The van der Waals surface area contributed by atoms with E-state index in [4.69, 9.17) is 4.74 Å². The molecule has 5 nitrogen and oxygen atoms in total.